The summed E-state index contributed by atoms with van der Waals surface area (Å²) < 4.78 is 41.8. The summed E-state index contributed by atoms with van der Waals surface area (Å²) in [5.41, 5.74) is 0.608. The fourth-order valence-corrected chi connectivity index (χ4v) is 2.28. The fraction of sp³-hybridized carbons (Fsp3) is 0.385. The molecule has 1 N–H and O–H groups in total. The van der Waals surface area contributed by atoms with Gasteiger partial charge in [0.15, 0.2) is 5.16 Å². The van der Waals surface area contributed by atoms with Crippen molar-refractivity contribution in [2.75, 3.05) is 31.3 Å². The van der Waals surface area contributed by atoms with Gasteiger partial charge in [-0.15, -0.1) is 0 Å². The number of rotatable bonds is 6. The minimum Gasteiger partial charge on any atom is -0.383 e. The number of benzene rings is 1. The van der Waals surface area contributed by atoms with Gasteiger partial charge in [-0.1, -0.05) is 23.9 Å². The summed E-state index contributed by atoms with van der Waals surface area (Å²) in [6.07, 6.45) is -4.25. The third-order valence-corrected chi connectivity index (χ3v) is 3.46. The van der Waals surface area contributed by atoms with Gasteiger partial charge in [-0.3, -0.25) is 0 Å². The molecule has 21 heavy (non-hydrogen) atoms. The molecule has 0 aliphatic carbocycles. The number of anilines is 1. The highest BCUT2D eigenvalue weighted by atomic mass is 32.2. The first-order chi connectivity index (χ1) is 9.99. The molecule has 1 aromatic carbocycles. The Kier molecular flexibility index (Phi) is 5.24. The Balaban J connectivity index is 2.26. The lowest BCUT2D eigenvalue weighted by atomic mass is 10.2. The van der Waals surface area contributed by atoms with E-state index in [0.717, 1.165) is 5.39 Å². The molecule has 0 bridgehead atoms. The minimum absolute atomic E-state index is 0.103. The second kappa shape index (κ2) is 6.95. The van der Waals surface area contributed by atoms with Crippen LogP contribution in [0.4, 0.5) is 19.0 Å². The average Bonchev–Trinajstić information content (AvgIpc) is 2.44. The molecule has 1 heterocycles. The Morgan fingerprint density at radius 3 is 2.71 bits per heavy atom. The molecule has 8 heteroatoms. The normalized spacial score (nSPS) is 11.8. The lowest BCUT2D eigenvalue weighted by molar-refractivity contribution is -0.105. The van der Waals surface area contributed by atoms with Gasteiger partial charge in [0.05, 0.1) is 17.9 Å². The number of ether oxygens (including phenoxy) is 1. The molecular weight excluding hydrogens is 303 g/mol. The number of aromatic nitrogens is 2. The first-order valence-electron chi connectivity index (χ1n) is 6.19. The van der Waals surface area contributed by atoms with Gasteiger partial charge in [-0.25, -0.2) is 9.97 Å². The van der Waals surface area contributed by atoms with Gasteiger partial charge < -0.3 is 10.1 Å². The molecule has 0 saturated carbocycles. The zero-order valence-corrected chi connectivity index (χ0v) is 12.1. The molecule has 0 unspecified atom stereocenters. The van der Waals surface area contributed by atoms with Gasteiger partial charge in [0.1, 0.15) is 5.82 Å². The van der Waals surface area contributed by atoms with Crippen LogP contribution in [0, 0.1) is 0 Å². The van der Waals surface area contributed by atoms with Crippen molar-refractivity contribution in [3.05, 3.63) is 24.3 Å². The molecule has 1 aromatic heterocycles. The molecule has 0 aliphatic heterocycles. The number of methoxy groups -OCH3 is 1. The smallest absolute Gasteiger partial charge is 0.383 e. The van der Waals surface area contributed by atoms with Gasteiger partial charge in [0.25, 0.3) is 0 Å². The van der Waals surface area contributed by atoms with E-state index in [1.165, 1.54) is 0 Å². The molecule has 114 valence electrons. The highest BCUT2D eigenvalue weighted by Gasteiger charge is 2.28. The lowest BCUT2D eigenvalue weighted by Gasteiger charge is -2.11. The van der Waals surface area contributed by atoms with Crippen molar-refractivity contribution in [1.29, 1.82) is 0 Å². The zero-order chi connectivity index (χ0) is 15.3. The SMILES string of the molecule is COCCNc1nc(SCC(F)(F)F)nc2ccccc12. The number of hydrogen-bond acceptors (Lipinski definition) is 5. The topological polar surface area (TPSA) is 47.0 Å². The first-order valence-corrected chi connectivity index (χ1v) is 7.17. The summed E-state index contributed by atoms with van der Waals surface area (Å²) in [6.45, 7) is 0.990. The third-order valence-electron chi connectivity index (χ3n) is 2.55. The van der Waals surface area contributed by atoms with E-state index in [2.05, 4.69) is 15.3 Å². The van der Waals surface area contributed by atoms with Crippen LogP contribution in [0.15, 0.2) is 29.4 Å². The third kappa shape index (κ3) is 4.75. The Morgan fingerprint density at radius 1 is 1.24 bits per heavy atom. The summed E-state index contributed by atoms with van der Waals surface area (Å²) in [6, 6.07) is 7.18. The van der Waals surface area contributed by atoms with Gasteiger partial charge in [-0.05, 0) is 12.1 Å². The minimum atomic E-state index is -4.25. The number of fused-ring (bicyclic) bond motifs is 1. The molecular formula is C13H14F3N3OS. The summed E-state index contributed by atoms with van der Waals surface area (Å²) >= 11 is 0.577. The second-order valence-corrected chi connectivity index (χ2v) is 5.14. The highest BCUT2D eigenvalue weighted by molar-refractivity contribution is 7.99. The van der Waals surface area contributed by atoms with Gasteiger partial charge in [0, 0.05) is 19.0 Å². The van der Waals surface area contributed by atoms with Crippen molar-refractivity contribution in [2.24, 2.45) is 0 Å². The summed E-state index contributed by atoms with van der Waals surface area (Å²) in [7, 11) is 1.57. The molecule has 2 aromatic rings. The molecule has 0 fully saturated rings. The van der Waals surface area contributed by atoms with Crippen molar-refractivity contribution in [3.63, 3.8) is 0 Å². The van der Waals surface area contributed by atoms with Crippen molar-refractivity contribution in [2.45, 2.75) is 11.3 Å². The van der Waals surface area contributed by atoms with Crippen LogP contribution in [-0.2, 0) is 4.74 Å². The maximum atomic E-state index is 12.3. The molecule has 0 atom stereocenters. The zero-order valence-electron chi connectivity index (χ0n) is 11.3. The number of halogens is 3. The number of alkyl halides is 3. The van der Waals surface area contributed by atoms with E-state index in [1.807, 2.05) is 12.1 Å². The largest absolute Gasteiger partial charge is 0.398 e. The average molecular weight is 317 g/mol. The van der Waals surface area contributed by atoms with Gasteiger partial charge in [-0.2, -0.15) is 13.2 Å². The molecule has 2 rings (SSSR count). The van der Waals surface area contributed by atoms with E-state index < -0.39 is 11.9 Å². The lowest BCUT2D eigenvalue weighted by Crippen LogP contribution is -2.12. The van der Waals surface area contributed by atoms with Crippen molar-refractivity contribution in [1.82, 2.24) is 9.97 Å². The first kappa shape index (κ1) is 15.8. The molecule has 0 saturated heterocycles. The standard InChI is InChI=1S/C13H14F3N3OS/c1-20-7-6-17-11-9-4-2-3-5-10(9)18-12(19-11)21-8-13(14,15)16/h2-5H,6-8H2,1H3,(H,17,18,19). The van der Waals surface area contributed by atoms with Crippen molar-refractivity contribution in [3.8, 4) is 0 Å². The molecule has 0 radical (unpaired) electrons. The van der Waals surface area contributed by atoms with E-state index in [4.69, 9.17) is 4.74 Å². The molecule has 4 nitrogen and oxygen atoms in total. The van der Waals surface area contributed by atoms with E-state index in [0.29, 0.717) is 36.2 Å². The van der Waals surface area contributed by atoms with Crippen LogP contribution >= 0.6 is 11.8 Å². The molecule has 0 amide bonds. The summed E-state index contributed by atoms with van der Waals surface area (Å²) in [5, 5.41) is 3.93. The number of hydrogen-bond donors (Lipinski definition) is 1. The monoisotopic (exact) mass is 317 g/mol. The Bertz CT molecular complexity index is 607. The summed E-state index contributed by atoms with van der Waals surface area (Å²) in [4.78, 5) is 8.31. The Morgan fingerprint density at radius 2 is 2.00 bits per heavy atom. The van der Waals surface area contributed by atoms with Crippen molar-refractivity contribution < 1.29 is 17.9 Å². The van der Waals surface area contributed by atoms with E-state index in [-0.39, 0.29) is 5.16 Å². The number of nitrogens with zero attached hydrogens (tertiary/aromatic N) is 2. The quantitative estimate of drug-likeness (QED) is 0.503. The fourth-order valence-electron chi connectivity index (χ4n) is 1.67. The second-order valence-electron chi connectivity index (χ2n) is 4.20. The maximum Gasteiger partial charge on any atom is 0.398 e. The highest BCUT2D eigenvalue weighted by Crippen LogP contribution is 2.28. The van der Waals surface area contributed by atoms with Crippen LogP contribution in [0.1, 0.15) is 0 Å². The number of para-hydroxylation sites is 1. The van der Waals surface area contributed by atoms with Gasteiger partial charge in [0.2, 0.25) is 0 Å². The molecule has 0 aliphatic rings. The van der Waals surface area contributed by atoms with Crippen molar-refractivity contribution >= 4 is 28.5 Å². The van der Waals surface area contributed by atoms with Crippen LogP contribution < -0.4 is 5.32 Å². The summed E-state index contributed by atoms with van der Waals surface area (Å²) in [5.74, 6) is -0.495. The maximum absolute atomic E-state index is 12.3. The van der Waals surface area contributed by atoms with E-state index in [1.54, 1.807) is 19.2 Å². The van der Waals surface area contributed by atoms with Crippen LogP contribution in [0.3, 0.4) is 0 Å². The predicted octanol–water partition coefficient (Wildman–Crippen LogP) is 3.34. The van der Waals surface area contributed by atoms with E-state index in [9.17, 15) is 13.2 Å². The predicted molar refractivity (Wildman–Crippen MR) is 76.7 cm³/mol. The Hall–Kier alpha value is -1.54. The molecule has 0 spiro atoms. The number of nitrogens with one attached hydrogen (secondary N) is 1. The number of thioether (sulfide) groups is 1. The van der Waals surface area contributed by atoms with Crippen LogP contribution in [0.2, 0.25) is 0 Å². The Labute approximate surface area is 124 Å². The van der Waals surface area contributed by atoms with Crippen LogP contribution in [0.5, 0.6) is 0 Å². The van der Waals surface area contributed by atoms with Crippen LogP contribution in [0.25, 0.3) is 10.9 Å². The van der Waals surface area contributed by atoms with E-state index >= 15 is 0 Å². The van der Waals surface area contributed by atoms with Gasteiger partial charge >= 0.3 is 6.18 Å². The van der Waals surface area contributed by atoms with Crippen LogP contribution in [-0.4, -0.2) is 42.2 Å².